The van der Waals surface area contributed by atoms with Crippen molar-refractivity contribution in [2.24, 2.45) is 5.10 Å². The van der Waals surface area contributed by atoms with Crippen molar-refractivity contribution >= 4 is 12.1 Å². The Hall–Kier alpha value is -3.22. The molecular formula is C17H18N2O5. The molecule has 0 aliphatic heterocycles. The summed E-state index contributed by atoms with van der Waals surface area (Å²) >= 11 is 0. The lowest BCUT2D eigenvalue weighted by Crippen LogP contribution is -2.24. The van der Waals surface area contributed by atoms with Crippen molar-refractivity contribution in [3.63, 3.8) is 0 Å². The zero-order valence-corrected chi connectivity index (χ0v) is 13.4. The molecule has 0 atom stereocenters. The summed E-state index contributed by atoms with van der Waals surface area (Å²) in [4.78, 5) is 11.8. The number of rotatable bonds is 7. The lowest BCUT2D eigenvalue weighted by atomic mass is 10.2. The number of ether oxygens (including phenoxy) is 3. The van der Waals surface area contributed by atoms with Crippen LogP contribution < -0.4 is 19.6 Å². The monoisotopic (exact) mass is 330 g/mol. The summed E-state index contributed by atoms with van der Waals surface area (Å²) in [5.41, 5.74) is 2.81. The van der Waals surface area contributed by atoms with Crippen molar-refractivity contribution in [3.8, 4) is 23.0 Å². The number of methoxy groups -OCH3 is 2. The molecular weight excluding hydrogens is 312 g/mol. The Morgan fingerprint density at radius 1 is 1.12 bits per heavy atom. The summed E-state index contributed by atoms with van der Waals surface area (Å²) in [5.74, 6) is 0.863. The highest BCUT2D eigenvalue weighted by atomic mass is 16.5. The first-order chi connectivity index (χ1) is 11.7. The van der Waals surface area contributed by atoms with Crippen molar-refractivity contribution in [2.75, 3.05) is 20.8 Å². The molecule has 7 heteroatoms. The molecule has 2 aromatic rings. The van der Waals surface area contributed by atoms with Crippen molar-refractivity contribution in [3.05, 3.63) is 48.0 Å². The van der Waals surface area contributed by atoms with E-state index in [2.05, 4.69) is 10.5 Å². The number of hydrazone groups is 1. The van der Waals surface area contributed by atoms with Crippen molar-refractivity contribution in [1.82, 2.24) is 5.43 Å². The van der Waals surface area contributed by atoms with Crippen LogP contribution in [0.25, 0.3) is 0 Å². The number of hydrogen-bond acceptors (Lipinski definition) is 6. The molecule has 0 radical (unpaired) electrons. The highest BCUT2D eigenvalue weighted by molar-refractivity contribution is 5.85. The third-order valence-electron chi connectivity index (χ3n) is 3.06. The largest absolute Gasteiger partial charge is 0.507 e. The first-order valence-electron chi connectivity index (χ1n) is 7.09. The average Bonchev–Trinajstić information content (AvgIpc) is 2.61. The molecule has 0 saturated heterocycles. The third kappa shape index (κ3) is 4.39. The molecule has 2 rings (SSSR count). The fraction of sp³-hybridized carbons (Fsp3) is 0.176. The number of carbonyl (C=O) groups excluding carboxylic acids is 1. The highest BCUT2D eigenvalue weighted by Crippen LogP contribution is 2.36. The van der Waals surface area contributed by atoms with Crippen LogP contribution in [0.3, 0.4) is 0 Å². The number of carbonyl (C=O) groups is 1. The van der Waals surface area contributed by atoms with Crippen LogP contribution in [0, 0.1) is 0 Å². The van der Waals surface area contributed by atoms with Crippen molar-refractivity contribution in [1.29, 1.82) is 0 Å². The fourth-order valence-corrected chi connectivity index (χ4v) is 1.90. The highest BCUT2D eigenvalue weighted by Gasteiger charge is 2.12. The van der Waals surface area contributed by atoms with Gasteiger partial charge < -0.3 is 19.3 Å². The normalized spacial score (nSPS) is 10.4. The Kier molecular flexibility index (Phi) is 6.01. The molecule has 0 aliphatic rings. The molecule has 0 spiro atoms. The second-order valence-corrected chi connectivity index (χ2v) is 4.63. The van der Waals surface area contributed by atoms with Crippen LogP contribution in [0.1, 0.15) is 5.56 Å². The zero-order valence-electron chi connectivity index (χ0n) is 13.4. The maximum atomic E-state index is 11.8. The van der Waals surface area contributed by atoms with Crippen LogP contribution in [0.5, 0.6) is 23.0 Å². The minimum absolute atomic E-state index is 0.0745. The lowest BCUT2D eigenvalue weighted by molar-refractivity contribution is -0.123. The molecule has 24 heavy (non-hydrogen) atoms. The van der Waals surface area contributed by atoms with E-state index in [0.29, 0.717) is 22.8 Å². The number of phenolic OH excluding ortho intramolecular Hbond substituents is 1. The van der Waals surface area contributed by atoms with E-state index in [1.165, 1.54) is 26.5 Å². The first kappa shape index (κ1) is 17.1. The molecule has 1 amide bonds. The van der Waals surface area contributed by atoms with Gasteiger partial charge in [0.15, 0.2) is 18.1 Å². The number of amides is 1. The lowest BCUT2D eigenvalue weighted by Gasteiger charge is -2.13. The van der Waals surface area contributed by atoms with Gasteiger partial charge in [0.05, 0.1) is 20.4 Å². The summed E-state index contributed by atoms with van der Waals surface area (Å²) in [5, 5.41) is 13.4. The summed E-state index contributed by atoms with van der Waals surface area (Å²) in [6.45, 7) is -0.269. The van der Waals surface area contributed by atoms with Gasteiger partial charge in [0.1, 0.15) is 5.75 Å². The number of para-hydroxylation sites is 2. The maximum Gasteiger partial charge on any atom is 0.277 e. The van der Waals surface area contributed by atoms with Gasteiger partial charge in [0.2, 0.25) is 5.75 Å². The van der Waals surface area contributed by atoms with Gasteiger partial charge in [0.25, 0.3) is 5.91 Å². The summed E-state index contributed by atoms with van der Waals surface area (Å²) in [6.07, 6.45) is 1.34. The predicted molar refractivity (Wildman–Crippen MR) is 88.9 cm³/mol. The van der Waals surface area contributed by atoms with E-state index in [0.717, 1.165) is 0 Å². The van der Waals surface area contributed by atoms with Gasteiger partial charge >= 0.3 is 0 Å². The summed E-state index contributed by atoms with van der Waals surface area (Å²) < 4.78 is 15.8. The van der Waals surface area contributed by atoms with Crippen LogP contribution in [0.15, 0.2) is 47.6 Å². The van der Waals surface area contributed by atoms with Gasteiger partial charge in [-0.1, -0.05) is 18.2 Å². The summed E-state index contributed by atoms with van der Waals surface area (Å²) in [7, 11) is 3.00. The Morgan fingerprint density at radius 2 is 1.79 bits per heavy atom. The molecule has 0 aliphatic carbocycles. The quantitative estimate of drug-likeness (QED) is 0.598. The van der Waals surface area contributed by atoms with E-state index in [1.807, 2.05) is 0 Å². The second-order valence-electron chi connectivity index (χ2n) is 4.63. The number of nitrogens with one attached hydrogen (secondary N) is 1. The molecule has 0 aromatic heterocycles. The summed E-state index contributed by atoms with van der Waals surface area (Å²) in [6, 6.07) is 11.8. The topological polar surface area (TPSA) is 89.4 Å². The number of aromatic hydroxyl groups is 1. The van der Waals surface area contributed by atoms with Crippen LogP contribution in [-0.4, -0.2) is 38.1 Å². The Bertz CT molecular complexity index is 708. The van der Waals surface area contributed by atoms with Crippen LogP contribution >= 0.6 is 0 Å². The molecule has 0 unspecified atom stereocenters. The fourth-order valence-electron chi connectivity index (χ4n) is 1.90. The molecule has 0 saturated carbocycles. The SMILES string of the molecule is COc1cccc(OC)c1OCC(=O)N/N=C/c1ccccc1O. The minimum Gasteiger partial charge on any atom is -0.507 e. The van der Waals surface area contributed by atoms with E-state index < -0.39 is 5.91 Å². The minimum atomic E-state index is -0.463. The Labute approximate surface area is 139 Å². The van der Waals surface area contributed by atoms with E-state index in [-0.39, 0.29) is 12.4 Å². The average molecular weight is 330 g/mol. The van der Waals surface area contributed by atoms with Gasteiger partial charge in [-0.15, -0.1) is 0 Å². The number of benzene rings is 2. The molecule has 2 aromatic carbocycles. The first-order valence-corrected chi connectivity index (χ1v) is 7.09. The second kappa shape index (κ2) is 8.42. The van der Waals surface area contributed by atoms with Gasteiger partial charge in [-0.3, -0.25) is 4.79 Å². The third-order valence-corrected chi connectivity index (χ3v) is 3.06. The zero-order chi connectivity index (χ0) is 17.4. The van der Waals surface area contributed by atoms with Crippen LogP contribution in [-0.2, 0) is 4.79 Å². The molecule has 0 bridgehead atoms. The smallest absolute Gasteiger partial charge is 0.277 e. The number of nitrogens with zero attached hydrogens (tertiary/aromatic N) is 1. The van der Waals surface area contributed by atoms with Crippen molar-refractivity contribution in [2.45, 2.75) is 0 Å². The maximum absolute atomic E-state index is 11.8. The van der Waals surface area contributed by atoms with Gasteiger partial charge in [0, 0.05) is 5.56 Å². The molecule has 7 nitrogen and oxygen atoms in total. The van der Waals surface area contributed by atoms with E-state index in [1.54, 1.807) is 36.4 Å². The van der Waals surface area contributed by atoms with E-state index >= 15 is 0 Å². The standard InChI is InChI=1S/C17H18N2O5/c1-22-14-8-5-9-15(23-2)17(14)24-11-16(21)19-18-10-12-6-3-4-7-13(12)20/h3-10,20H,11H2,1-2H3,(H,19,21)/b18-10+. The Morgan fingerprint density at radius 3 is 2.42 bits per heavy atom. The number of hydrogen-bond donors (Lipinski definition) is 2. The van der Waals surface area contributed by atoms with Crippen LogP contribution in [0.2, 0.25) is 0 Å². The van der Waals surface area contributed by atoms with Gasteiger partial charge in [-0.25, -0.2) is 5.43 Å². The number of phenols is 1. The van der Waals surface area contributed by atoms with Crippen molar-refractivity contribution < 1.29 is 24.1 Å². The molecule has 0 fully saturated rings. The van der Waals surface area contributed by atoms with Gasteiger partial charge in [-0.2, -0.15) is 5.10 Å². The van der Waals surface area contributed by atoms with E-state index in [4.69, 9.17) is 14.2 Å². The van der Waals surface area contributed by atoms with Crippen LogP contribution in [0.4, 0.5) is 0 Å². The van der Waals surface area contributed by atoms with Gasteiger partial charge in [-0.05, 0) is 24.3 Å². The molecule has 126 valence electrons. The predicted octanol–water partition coefficient (Wildman–Crippen LogP) is 1.94. The van der Waals surface area contributed by atoms with E-state index in [9.17, 15) is 9.90 Å². The molecule has 0 heterocycles. The Balaban J connectivity index is 1.93. The molecule has 2 N–H and O–H groups in total.